The lowest BCUT2D eigenvalue weighted by molar-refractivity contribution is 0.620. The maximum Gasteiger partial charge on any atom is 0.133 e. The Bertz CT molecular complexity index is 341. The number of rotatable bonds is 5. The highest BCUT2D eigenvalue weighted by Gasteiger charge is 2.15. The number of nitrogens with two attached hydrogens (primary N) is 1. The average molecular weight is 286 g/mol. The molecule has 0 aliphatic heterocycles. The second-order valence-electron chi connectivity index (χ2n) is 3.88. The quantitative estimate of drug-likeness (QED) is 0.905. The zero-order valence-corrected chi connectivity index (χ0v) is 11.8. The Hall–Kier alpha value is -0.610. The first-order valence-electron chi connectivity index (χ1n) is 5.75. The summed E-state index contributed by atoms with van der Waals surface area (Å²) < 4.78 is 0.983. The minimum atomic E-state index is 0.490. The largest absolute Gasteiger partial charge is 0.354 e. The summed E-state index contributed by atoms with van der Waals surface area (Å²) in [5.41, 5.74) is 6.86. The van der Waals surface area contributed by atoms with Gasteiger partial charge in [-0.25, -0.2) is 4.98 Å². The zero-order valence-electron chi connectivity index (χ0n) is 10.2. The smallest absolute Gasteiger partial charge is 0.133 e. The predicted octanol–water partition coefficient (Wildman–Crippen LogP) is 2.93. The lowest BCUT2D eigenvalue weighted by Crippen LogP contribution is -2.34. The second-order valence-corrected chi connectivity index (χ2v) is 4.80. The lowest BCUT2D eigenvalue weighted by Gasteiger charge is -2.30. The van der Waals surface area contributed by atoms with Crippen LogP contribution < -0.4 is 10.6 Å². The van der Waals surface area contributed by atoms with Gasteiger partial charge in [0.2, 0.25) is 0 Å². The molecule has 0 aliphatic rings. The fourth-order valence-corrected chi connectivity index (χ4v) is 2.15. The van der Waals surface area contributed by atoms with Crippen LogP contribution in [0.4, 0.5) is 5.82 Å². The second kappa shape index (κ2) is 6.21. The summed E-state index contributed by atoms with van der Waals surface area (Å²) in [6.45, 7) is 8.03. The fraction of sp³-hybridized carbons (Fsp3) is 0.583. The van der Waals surface area contributed by atoms with Gasteiger partial charge in [-0.05, 0) is 42.3 Å². The number of nitrogens with zero attached hydrogens (tertiary/aromatic N) is 2. The average Bonchev–Trinajstić information content (AvgIpc) is 2.31. The first-order valence-corrected chi connectivity index (χ1v) is 6.54. The Labute approximate surface area is 106 Å². The van der Waals surface area contributed by atoms with E-state index in [0.717, 1.165) is 28.8 Å². The van der Waals surface area contributed by atoms with Crippen LogP contribution in [0.25, 0.3) is 0 Å². The van der Waals surface area contributed by atoms with Gasteiger partial charge in [-0.2, -0.15) is 0 Å². The lowest BCUT2D eigenvalue weighted by atomic mass is 10.1. The van der Waals surface area contributed by atoms with E-state index in [4.69, 9.17) is 5.73 Å². The number of hydrogen-bond donors (Lipinski definition) is 1. The van der Waals surface area contributed by atoms with Crippen LogP contribution in [0.3, 0.4) is 0 Å². The van der Waals surface area contributed by atoms with Crippen molar-refractivity contribution in [2.75, 3.05) is 11.4 Å². The molecule has 0 radical (unpaired) electrons. The third-order valence-corrected chi connectivity index (χ3v) is 3.30. The van der Waals surface area contributed by atoms with Gasteiger partial charge >= 0.3 is 0 Å². The number of aromatic nitrogens is 1. The van der Waals surface area contributed by atoms with Crippen molar-refractivity contribution in [3.63, 3.8) is 0 Å². The molecule has 1 unspecified atom stereocenters. The van der Waals surface area contributed by atoms with Gasteiger partial charge in [0.1, 0.15) is 5.82 Å². The molecule has 3 nitrogen and oxygen atoms in total. The molecule has 0 aromatic carbocycles. The van der Waals surface area contributed by atoms with Crippen molar-refractivity contribution in [3.8, 4) is 0 Å². The van der Waals surface area contributed by atoms with Crippen molar-refractivity contribution >= 4 is 21.7 Å². The van der Waals surface area contributed by atoms with Crippen LogP contribution >= 0.6 is 15.9 Å². The Kier molecular flexibility index (Phi) is 5.22. The molecule has 0 spiro atoms. The van der Waals surface area contributed by atoms with E-state index in [0.29, 0.717) is 12.6 Å². The van der Waals surface area contributed by atoms with Crippen LogP contribution in [-0.4, -0.2) is 17.6 Å². The summed E-state index contributed by atoms with van der Waals surface area (Å²) in [4.78, 5) is 6.79. The highest BCUT2D eigenvalue weighted by molar-refractivity contribution is 9.10. The van der Waals surface area contributed by atoms with Gasteiger partial charge < -0.3 is 10.6 Å². The van der Waals surface area contributed by atoms with Gasteiger partial charge in [-0.15, -0.1) is 0 Å². The normalized spacial score (nSPS) is 12.6. The van der Waals surface area contributed by atoms with Crippen molar-refractivity contribution in [1.82, 2.24) is 4.98 Å². The summed E-state index contributed by atoms with van der Waals surface area (Å²) in [6.07, 6.45) is 2.94. The van der Waals surface area contributed by atoms with Crippen molar-refractivity contribution in [2.24, 2.45) is 5.73 Å². The summed E-state index contributed by atoms with van der Waals surface area (Å²) in [5.74, 6) is 1.02. The summed E-state index contributed by atoms with van der Waals surface area (Å²) in [7, 11) is 0. The molecular weight excluding hydrogens is 266 g/mol. The maximum absolute atomic E-state index is 5.77. The topological polar surface area (TPSA) is 42.2 Å². The summed E-state index contributed by atoms with van der Waals surface area (Å²) >= 11 is 3.43. The third-order valence-electron chi connectivity index (χ3n) is 2.87. The zero-order chi connectivity index (χ0) is 12.1. The molecule has 0 fully saturated rings. The summed E-state index contributed by atoms with van der Waals surface area (Å²) in [6, 6.07) is 2.54. The molecule has 0 saturated heterocycles. The molecule has 2 N–H and O–H groups in total. The minimum Gasteiger partial charge on any atom is -0.354 e. The Morgan fingerprint density at radius 1 is 1.50 bits per heavy atom. The Balaban J connectivity index is 3.08. The van der Waals surface area contributed by atoms with Crippen molar-refractivity contribution in [3.05, 3.63) is 22.3 Å². The first kappa shape index (κ1) is 13.5. The summed E-state index contributed by atoms with van der Waals surface area (Å²) in [5, 5.41) is 0. The van der Waals surface area contributed by atoms with Crippen LogP contribution in [0.15, 0.2) is 16.7 Å². The molecule has 1 aromatic heterocycles. The SMILES string of the molecule is CCC(C)N(CC)c1ncc(Br)cc1CN. The van der Waals surface area contributed by atoms with E-state index in [1.54, 1.807) is 0 Å². The van der Waals surface area contributed by atoms with Gasteiger partial charge in [0.25, 0.3) is 0 Å². The van der Waals surface area contributed by atoms with Crippen molar-refractivity contribution in [1.29, 1.82) is 0 Å². The van der Waals surface area contributed by atoms with E-state index in [1.807, 2.05) is 12.3 Å². The van der Waals surface area contributed by atoms with Crippen LogP contribution in [-0.2, 0) is 6.54 Å². The van der Waals surface area contributed by atoms with Gasteiger partial charge in [0.05, 0.1) is 0 Å². The maximum atomic E-state index is 5.77. The first-order chi connectivity index (χ1) is 7.63. The fourth-order valence-electron chi connectivity index (χ4n) is 1.77. The van der Waals surface area contributed by atoms with Crippen molar-refractivity contribution in [2.45, 2.75) is 39.8 Å². The van der Waals surface area contributed by atoms with Crippen LogP contribution in [0, 0.1) is 0 Å². The highest BCUT2D eigenvalue weighted by Crippen LogP contribution is 2.23. The molecule has 0 bridgehead atoms. The van der Waals surface area contributed by atoms with E-state index in [2.05, 4.69) is 46.6 Å². The Morgan fingerprint density at radius 3 is 2.69 bits per heavy atom. The van der Waals surface area contributed by atoms with Crippen LogP contribution in [0.2, 0.25) is 0 Å². The molecule has 0 amide bonds. The van der Waals surface area contributed by atoms with E-state index in [1.165, 1.54) is 0 Å². The number of hydrogen-bond acceptors (Lipinski definition) is 3. The molecule has 4 heteroatoms. The number of halogens is 1. The minimum absolute atomic E-state index is 0.490. The number of anilines is 1. The van der Waals surface area contributed by atoms with E-state index in [-0.39, 0.29) is 0 Å². The molecular formula is C12H20BrN3. The van der Waals surface area contributed by atoms with Crippen LogP contribution in [0.1, 0.15) is 32.8 Å². The molecule has 16 heavy (non-hydrogen) atoms. The molecule has 1 aromatic rings. The number of pyridine rings is 1. The van der Waals surface area contributed by atoms with Gasteiger partial charge in [0, 0.05) is 35.4 Å². The molecule has 90 valence electrons. The third kappa shape index (κ3) is 2.95. The van der Waals surface area contributed by atoms with Gasteiger partial charge in [-0.3, -0.25) is 0 Å². The molecule has 0 aliphatic carbocycles. The standard InChI is InChI=1S/C12H20BrN3/c1-4-9(3)16(5-2)12-10(7-14)6-11(13)8-15-12/h6,8-9H,4-5,7,14H2,1-3H3. The van der Waals surface area contributed by atoms with Crippen molar-refractivity contribution < 1.29 is 0 Å². The highest BCUT2D eigenvalue weighted by atomic mass is 79.9. The van der Waals surface area contributed by atoms with E-state index < -0.39 is 0 Å². The molecule has 0 saturated carbocycles. The molecule has 1 rings (SSSR count). The Morgan fingerprint density at radius 2 is 2.19 bits per heavy atom. The van der Waals surface area contributed by atoms with Crippen LogP contribution in [0.5, 0.6) is 0 Å². The molecule has 1 heterocycles. The van der Waals surface area contributed by atoms with E-state index >= 15 is 0 Å². The molecule has 1 atom stereocenters. The predicted molar refractivity (Wildman–Crippen MR) is 72.6 cm³/mol. The van der Waals surface area contributed by atoms with Gasteiger partial charge in [-0.1, -0.05) is 6.92 Å². The van der Waals surface area contributed by atoms with E-state index in [9.17, 15) is 0 Å². The van der Waals surface area contributed by atoms with Gasteiger partial charge in [0.15, 0.2) is 0 Å². The monoisotopic (exact) mass is 285 g/mol.